The van der Waals surface area contributed by atoms with Gasteiger partial charge in [-0.25, -0.2) is 0 Å². The van der Waals surface area contributed by atoms with Gasteiger partial charge in [-0.15, -0.1) is 0 Å². The van der Waals surface area contributed by atoms with Gasteiger partial charge in [0.2, 0.25) is 6.41 Å². The average molecular weight is 188 g/mol. The average Bonchev–Trinajstić information content (AvgIpc) is 1.87. The highest BCUT2D eigenvalue weighted by Gasteiger charge is 2.15. The molecule has 1 amide bonds. The van der Waals surface area contributed by atoms with Crippen molar-refractivity contribution in [3.8, 4) is 0 Å². The lowest BCUT2D eigenvalue weighted by atomic mass is 10.2. The molecule has 2 nitrogen and oxygen atoms in total. The van der Waals surface area contributed by atoms with Crippen LogP contribution >= 0.6 is 0 Å². The van der Waals surface area contributed by atoms with Crippen LogP contribution in [0.3, 0.4) is 0 Å². The molecule has 0 aliphatic carbocycles. The van der Waals surface area contributed by atoms with Crippen LogP contribution in [0.5, 0.6) is 0 Å². The molecular weight excluding hydrogens is 166 g/mol. The van der Waals surface area contributed by atoms with E-state index in [1.54, 1.807) is 14.1 Å². The summed E-state index contributed by atoms with van der Waals surface area (Å²) in [6.45, 7) is 11.6. The molecule has 0 saturated heterocycles. The van der Waals surface area contributed by atoms with E-state index in [1.165, 1.54) is 4.90 Å². The molecular formula is C9H22NOSi. The highest BCUT2D eigenvalue weighted by molar-refractivity contribution is 6.59. The van der Waals surface area contributed by atoms with Crippen molar-refractivity contribution in [3.05, 3.63) is 0 Å². The van der Waals surface area contributed by atoms with Gasteiger partial charge in [-0.2, -0.15) is 0 Å². The van der Waals surface area contributed by atoms with Crippen molar-refractivity contribution >= 4 is 15.2 Å². The minimum atomic E-state index is -0.0502. The van der Waals surface area contributed by atoms with Crippen LogP contribution in [0.25, 0.3) is 0 Å². The number of nitrogens with zero attached hydrogens (tertiary/aromatic N) is 1. The molecule has 0 aliphatic rings. The van der Waals surface area contributed by atoms with Crippen LogP contribution in [0.1, 0.15) is 20.8 Å². The van der Waals surface area contributed by atoms with Crippen LogP contribution in [0, 0.1) is 0 Å². The Morgan fingerprint density at radius 3 is 1.33 bits per heavy atom. The Kier molecular flexibility index (Phi) is 7.39. The third-order valence-electron chi connectivity index (χ3n) is 1.71. The summed E-state index contributed by atoms with van der Waals surface area (Å²) >= 11 is 0. The van der Waals surface area contributed by atoms with Crippen molar-refractivity contribution in [1.82, 2.24) is 4.90 Å². The summed E-state index contributed by atoms with van der Waals surface area (Å²) in [6, 6.07) is 0. The van der Waals surface area contributed by atoms with Crippen molar-refractivity contribution in [2.24, 2.45) is 0 Å². The molecule has 0 aliphatic heterocycles. The monoisotopic (exact) mass is 188 g/mol. The van der Waals surface area contributed by atoms with E-state index in [2.05, 4.69) is 33.9 Å². The Morgan fingerprint density at radius 1 is 1.17 bits per heavy atom. The zero-order chi connectivity index (χ0) is 10.4. The van der Waals surface area contributed by atoms with E-state index in [0.29, 0.717) is 5.04 Å². The standard InChI is InChI=1S/C6H15Si.C3H7NO/c1-6(2,3)7(4)5;1-4(2)3-5/h1-5H3;3H,1-2H3. The van der Waals surface area contributed by atoms with Gasteiger partial charge in [-0.05, 0) is 5.04 Å². The molecule has 12 heavy (non-hydrogen) atoms. The summed E-state index contributed by atoms with van der Waals surface area (Å²) in [7, 11) is 3.32. The second-order valence-electron chi connectivity index (χ2n) is 4.32. The highest BCUT2D eigenvalue weighted by Crippen LogP contribution is 2.25. The fourth-order valence-electron chi connectivity index (χ4n) is 0. The van der Waals surface area contributed by atoms with Crippen molar-refractivity contribution in [2.75, 3.05) is 14.1 Å². The summed E-state index contributed by atoms with van der Waals surface area (Å²) in [6.07, 6.45) is 0.750. The number of carbonyl (C=O) groups is 1. The molecule has 0 N–H and O–H groups in total. The lowest BCUT2D eigenvalue weighted by molar-refractivity contribution is -0.115. The summed E-state index contributed by atoms with van der Waals surface area (Å²) < 4.78 is 0. The minimum Gasteiger partial charge on any atom is -0.351 e. The smallest absolute Gasteiger partial charge is 0.209 e. The van der Waals surface area contributed by atoms with Crippen molar-refractivity contribution in [1.29, 1.82) is 0 Å². The molecule has 0 spiro atoms. The molecule has 0 unspecified atom stereocenters. The van der Waals surface area contributed by atoms with E-state index < -0.39 is 0 Å². The summed E-state index contributed by atoms with van der Waals surface area (Å²) in [5.74, 6) is 0. The van der Waals surface area contributed by atoms with Crippen molar-refractivity contribution in [2.45, 2.75) is 38.9 Å². The number of rotatable bonds is 1. The zero-order valence-electron chi connectivity index (χ0n) is 9.43. The van der Waals surface area contributed by atoms with Crippen molar-refractivity contribution in [3.63, 3.8) is 0 Å². The predicted molar refractivity (Wildman–Crippen MR) is 56.9 cm³/mol. The molecule has 0 fully saturated rings. The molecule has 3 heteroatoms. The normalized spacial score (nSPS) is 10.3. The lowest BCUT2D eigenvalue weighted by Gasteiger charge is -2.20. The van der Waals surface area contributed by atoms with Crippen LogP contribution in [0.15, 0.2) is 0 Å². The molecule has 1 radical (unpaired) electrons. The van der Waals surface area contributed by atoms with Crippen molar-refractivity contribution < 1.29 is 4.79 Å². The van der Waals surface area contributed by atoms with E-state index in [0.717, 1.165) is 6.41 Å². The van der Waals surface area contributed by atoms with E-state index >= 15 is 0 Å². The molecule has 73 valence electrons. The van der Waals surface area contributed by atoms with Gasteiger partial charge < -0.3 is 4.90 Å². The van der Waals surface area contributed by atoms with E-state index in [-0.39, 0.29) is 8.80 Å². The topological polar surface area (TPSA) is 20.3 Å². The first kappa shape index (κ1) is 14.2. The predicted octanol–water partition coefficient (Wildman–Crippen LogP) is 2.25. The van der Waals surface area contributed by atoms with Gasteiger partial charge in [0.1, 0.15) is 0 Å². The Balaban J connectivity index is 0. The van der Waals surface area contributed by atoms with Crippen LogP contribution in [0.4, 0.5) is 0 Å². The summed E-state index contributed by atoms with van der Waals surface area (Å²) in [5, 5.41) is 0.602. The van der Waals surface area contributed by atoms with E-state index in [9.17, 15) is 4.79 Å². The van der Waals surface area contributed by atoms with Crippen LogP contribution < -0.4 is 0 Å². The molecule has 0 saturated carbocycles. The molecule has 0 aromatic rings. The fourth-order valence-corrected chi connectivity index (χ4v) is 0. The molecule has 0 aromatic heterocycles. The Bertz CT molecular complexity index is 116. The molecule has 0 atom stereocenters. The van der Waals surface area contributed by atoms with E-state index in [1.807, 2.05) is 0 Å². The van der Waals surface area contributed by atoms with Gasteiger partial charge in [-0.1, -0.05) is 33.9 Å². The summed E-state index contributed by atoms with van der Waals surface area (Å²) in [4.78, 5) is 10.9. The number of carbonyl (C=O) groups excluding carboxylic acids is 1. The number of amides is 1. The molecule has 0 aromatic carbocycles. The Hall–Kier alpha value is -0.313. The molecule has 0 heterocycles. The summed E-state index contributed by atoms with van der Waals surface area (Å²) in [5.41, 5.74) is 0. The quantitative estimate of drug-likeness (QED) is 0.456. The first-order chi connectivity index (χ1) is 5.21. The third kappa shape index (κ3) is 12.4. The number of hydrogen-bond acceptors (Lipinski definition) is 1. The maximum atomic E-state index is 9.43. The maximum absolute atomic E-state index is 9.43. The van der Waals surface area contributed by atoms with E-state index in [4.69, 9.17) is 0 Å². The van der Waals surface area contributed by atoms with Gasteiger partial charge in [0.15, 0.2) is 0 Å². The lowest BCUT2D eigenvalue weighted by Crippen LogP contribution is -2.16. The van der Waals surface area contributed by atoms with Gasteiger partial charge in [0.05, 0.1) is 0 Å². The van der Waals surface area contributed by atoms with Gasteiger partial charge in [0.25, 0.3) is 0 Å². The molecule has 0 bridgehead atoms. The number of hydrogen-bond donors (Lipinski definition) is 0. The molecule has 0 rings (SSSR count). The Labute approximate surface area is 78.6 Å². The highest BCUT2D eigenvalue weighted by atomic mass is 28.3. The SMILES string of the molecule is CN(C)C=O.C[Si](C)C(C)(C)C. The third-order valence-corrected chi connectivity index (χ3v) is 4.71. The largest absolute Gasteiger partial charge is 0.351 e. The zero-order valence-corrected chi connectivity index (χ0v) is 10.4. The van der Waals surface area contributed by atoms with Gasteiger partial charge >= 0.3 is 0 Å². The Morgan fingerprint density at radius 2 is 1.33 bits per heavy atom. The van der Waals surface area contributed by atoms with Crippen LogP contribution in [-0.2, 0) is 4.79 Å². The first-order valence-corrected chi connectivity index (χ1v) is 6.64. The van der Waals surface area contributed by atoms with Crippen LogP contribution in [0.2, 0.25) is 18.1 Å². The van der Waals surface area contributed by atoms with Gasteiger partial charge in [0, 0.05) is 22.9 Å². The first-order valence-electron chi connectivity index (χ1n) is 4.14. The van der Waals surface area contributed by atoms with Crippen LogP contribution in [-0.4, -0.2) is 34.2 Å². The van der Waals surface area contributed by atoms with Gasteiger partial charge in [-0.3, -0.25) is 4.79 Å². The fraction of sp³-hybridized carbons (Fsp3) is 0.889. The second-order valence-corrected chi connectivity index (χ2v) is 7.82. The maximum Gasteiger partial charge on any atom is 0.209 e. The second kappa shape index (κ2) is 6.23. The minimum absolute atomic E-state index is 0.0502.